The Morgan fingerprint density at radius 2 is 1.61 bits per heavy atom. The van der Waals surface area contributed by atoms with E-state index >= 15 is 0 Å². The van der Waals surface area contributed by atoms with Gasteiger partial charge >= 0.3 is 5.97 Å². The van der Waals surface area contributed by atoms with Gasteiger partial charge in [-0.2, -0.15) is 0 Å². The maximum absolute atomic E-state index is 12.5. The zero-order valence-corrected chi connectivity index (χ0v) is 15.4. The lowest BCUT2D eigenvalue weighted by molar-refractivity contribution is -0.154. The summed E-state index contributed by atoms with van der Waals surface area (Å²) in [4.78, 5) is 12.5. The molecule has 0 N–H and O–H groups in total. The van der Waals surface area contributed by atoms with Crippen molar-refractivity contribution in [3.8, 4) is 0 Å². The Labute approximate surface area is 145 Å². The second kappa shape index (κ2) is 6.61. The molecule has 5 rings (SSSR count). The monoisotopic (exact) mass is 336 g/mol. The second-order valence-corrected chi connectivity index (χ2v) is 10.7. The number of hydrogen-bond acceptors (Lipinski definition) is 3. The molecule has 0 aromatic heterocycles. The number of ether oxygens (including phenoxy) is 1. The van der Waals surface area contributed by atoms with E-state index in [1.807, 2.05) is 11.8 Å². The van der Waals surface area contributed by atoms with E-state index in [2.05, 4.69) is 6.92 Å². The topological polar surface area (TPSA) is 26.3 Å². The summed E-state index contributed by atoms with van der Waals surface area (Å²) < 4.78 is 5.87. The number of carbonyl (C=O) groups is 1. The Bertz CT molecular complexity index is 406. The van der Waals surface area contributed by atoms with Crippen LogP contribution in [0.4, 0.5) is 0 Å². The molecule has 23 heavy (non-hydrogen) atoms. The highest BCUT2D eigenvalue weighted by Crippen LogP contribution is 2.60. The third kappa shape index (κ3) is 3.60. The van der Waals surface area contributed by atoms with Gasteiger partial charge in [0.25, 0.3) is 0 Å². The molecule has 5 aliphatic carbocycles. The van der Waals surface area contributed by atoms with Gasteiger partial charge in [0.15, 0.2) is 0 Å². The van der Waals surface area contributed by atoms with Crippen molar-refractivity contribution in [2.75, 3.05) is 6.61 Å². The lowest BCUT2D eigenvalue weighted by atomic mass is 9.50. The van der Waals surface area contributed by atoms with Crippen LogP contribution >= 0.6 is 11.8 Å². The lowest BCUT2D eigenvalue weighted by Crippen LogP contribution is -2.48. The Hall–Kier alpha value is -0.180. The van der Waals surface area contributed by atoms with E-state index in [1.54, 1.807) is 0 Å². The van der Waals surface area contributed by atoms with E-state index in [1.165, 1.54) is 70.6 Å². The SMILES string of the molecule is CC(SC1CCCCC1)C(=O)OCC12CC3CC(CC(C3)C1)C2. The molecule has 5 fully saturated rings. The van der Waals surface area contributed by atoms with Crippen molar-refractivity contribution in [2.45, 2.75) is 88.1 Å². The first-order chi connectivity index (χ1) is 11.1. The summed E-state index contributed by atoms with van der Waals surface area (Å²) in [6, 6.07) is 0. The molecule has 0 aromatic rings. The van der Waals surface area contributed by atoms with Crippen LogP contribution in [0.25, 0.3) is 0 Å². The highest BCUT2D eigenvalue weighted by molar-refractivity contribution is 8.01. The molecular weight excluding hydrogens is 304 g/mol. The third-order valence-corrected chi connectivity index (χ3v) is 8.42. The molecule has 0 saturated heterocycles. The molecule has 0 radical (unpaired) electrons. The van der Waals surface area contributed by atoms with Crippen molar-refractivity contribution in [3.63, 3.8) is 0 Å². The minimum absolute atomic E-state index is 0.0204. The summed E-state index contributed by atoms with van der Waals surface area (Å²) >= 11 is 1.87. The summed E-state index contributed by atoms with van der Waals surface area (Å²) in [7, 11) is 0. The fourth-order valence-corrected chi connectivity index (χ4v) is 7.72. The molecule has 0 aliphatic heterocycles. The van der Waals surface area contributed by atoms with Crippen molar-refractivity contribution in [1.29, 1.82) is 0 Å². The predicted molar refractivity (Wildman–Crippen MR) is 95.5 cm³/mol. The average Bonchev–Trinajstić information content (AvgIpc) is 2.52. The maximum Gasteiger partial charge on any atom is 0.318 e. The van der Waals surface area contributed by atoms with E-state index in [0.29, 0.717) is 17.3 Å². The van der Waals surface area contributed by atoms with Crippen LogP contribution in [0, 0.1) is 23.2 Å². The fraction of sp³-hybridized carbons (Fsp3) is 0.950. The van der Waals surface area contributed by atoms with Crippen LogP contribution in [-0.2, 0) is 9.53 Å². The number of carbonyl (C=O) groups excluding carboxylic acids is 1. The number of rotatable bonds is 5. The van der Waals surface area contributed by atoms with Gasteiger partial charge in [-0.25, -0.2) is 0 Å². The van der Waals surface area contributed by atoms with Crippen LogP contribution in [-0.4, -0.2) is 23.1 Å². The van der Waals surface area contributed by atoms with Gasteiger partial charge in [-0.1, -0.05) is 19.3 Å². The van der Waals surface area contributed by atoms with Crippen molar-refractivity contribution < 1.29 is 9.53 Å². The molecular formula is C20H32O2S. The van der Waals surface area contributed by atoms with Crippen LogP contribution < -0.4 is 0 Å². The maximum atomic E-state index is 12.5. The molecule has 4 bridgehead atoms. The van der Waals surface area contributed by atoms with Crippen LogP contribution in [0.1, 0.15) is 77.6 Å². The molecule has 130 valence electrons. The van der Waals surface area contributed by atoms with Crippen LogP contribution in [0.3, 0.4) is 0 Å². The second-order valence-electron chi connectivity index (χ2n) is 9.06. The number of thioether (sulfide) groups is 1. The molecule has 0 aromatic carbocycles. The van der Waals surface area contributed by atoms with Crippen LogP contribution in [0.2, 0.25) is 0 Å². The van der Waals surface area contributed by atoms with Gasteiger partial charge in [0.05, 0.1) is 11.9 Å². The fourth-order valence-electron chi connectivity index (χ4n) is 6.35. The molecule has 5 saturated carbocycles. The molecule has 0 spiro atoms. The van der Waals surface area contributed by atoms with E-state index in [9.17, 15) is 4.79 Å². The van der Waals surface area contributed by atoms with E-state index in [4.69, 9.17) is 4.74 Å². The molecule has 5 aliphatic rings. The third-order valence-electron chi connectivity index (χ3n) is 6.97. The predicted octanol–water partition coefficient (Wildman–Crippen LogP) is 5.20. The van der Waals surface area contributed by atoms with Crippen molar-refractivity contribution >= 4 is 17.7 Å². The molecule has 3 heteroatoms. The molecule has 2 nitrogen and oxygen atoms in total. The minimum atomic E-state index is 0.0204. The number of esters is 1. The van der Waals surface area contributed by atoms with E-state index in [0.717, 1.165) is 17.8 Å². The van der Waals surface area contributed by atoms with Crippen LogP contribution in [0.5, 0.6) is 0 Å². The van der Waals surface area contributed by atoms with Gasteiger partial charge in [0, 0.05) is 10.7 Å². The van der Waals surface area contributed by atoms with Gasteiger partial charge < -0.3 is 4.74 Å². The quantitative estimate of drug-likeness (QED) is 0.645. The summed E-state index contributed by atoms with van der Waals surface area (Å²) in [5.41, 5.74) is 0.361. The summed E-state index contributed by atoms with van der Waals surface area (Å²) in [5.74, 6) is 2.87. The first-order valence-corrected chi connectivity index (χ1v) is 10.9. The lowest BCUT2D eigenvalue weighted by Gasteiger charge is -2.56. The molecule has 0 amide bonds. The summed E-state index contributed by atoms with van der Waals surface area (Å²) in [5, 5.41) is 0.706. The Kier molecular flexibility index (Phi) is 4.69. The van der Waals surface area contributed by atoms with Crippen molar-refractivity contribution in [3.05, 3.63) is 0 Å². The molecule has 0 heterocycles. The van der Waals surface area contributed by atoms with Gasteiger partial charge in [-0.05, 0) is 76.0 Å². The normalized spacial score (nSPS) is 41.0. The smallest absolute Gasteiger partial charge is 0.318 e. The number of hydrogen-bond donors (Lipinski definition) is 0. The summed E-state index contributed by atoms with van der Waals surface area (Å²) in [6.07, 6.45) is 15.0. The molecule has 1 atom stereocenters. The van der Waals surface area contributed by atoms with Crippen molar-refractivity contribution in [1.82, 2.24) is 0 Å². The zero-order valence-electron chi connectivity index (χ0n) is 14.6. The highest BCUT2D eigenvalue weighted by Gasteiger charge is 2.51. The van der Waals surface area contributed by atoms with Gasteiger partial charge in [0.2, 0.25) is 0 Å². The van der Waals surface area contributed by atoms with Gasteiger partial charge in [-0.15, -0.1) is 11.8 Å². The standard InChI is InChI=1S/C20H32O2S/c1-14(23-18-5-3-2-4-6-18)19(21)22-13-20-10-15-7-16(11-20)9-17(8-15)12-20/h14-18H,2-13H2,1H3. The Morgan fingerprint density at radius 1 is 1.04 bits per heavy atom. The minimum Gasteiger partial charge on any atom is -0.464 e. The van der Waals surface area contributed by atoms with Crippen molar-refractivity contribution in [2.24, 2.45) is 23.2 Å². The average molecular weight is 337 g/mol. The first kappa shape index (κ1) is 16.3. The Balaban J connectivity index is 1.27. The largest absolute Gasteiger partial charge is 0.464 e. The van der Waals surface area contributed by atoms with E-state index in [-0.39, 0.29) is 11.2 Å². The first-order valence-electron chi connectivity index (χ1n) is 9.94. The van der Waals surface area contributed by atoms with E-state index < -0.39 is 0 Å². The summed E-state index contributed by atoms with van der Waals surface area (Å²) in [6.45, 7) is 2.77. The molecule has 1 unspecified atom stereocenters. The van der Waals surface area contributed by atoms with Gasteiger partial charge in [-0.3, -0.25) is 4.79 Å². The highest BCUT2D eigenvalue weighted by atomic mass is 32.2. The van der Waals surface area contributed by atoms with Crippen LogP contribution in [0.15, 0.2) is 0 Å². The zero-order chi connectivity index (χ0) is 15.9. The van der Waals surface area contributed by atoms with Gasteiger partial charge in [0.1, 0.15) is 0 Å². The Morgan fingerprint density at radius 3 is 2.17 bits per heavy atom.